The Bertz CT molecular complexity index is 1260. The van der Waals surface area contributed by atoms with Crippen LogP contribution in [0.25, 0.3) is 11.0 Å². The molecule has 4 rings (SSSR count). The van der Waals surface area contributed by atoms with Crippen LogP contribution in [0, 0.1) is 11.3 Å². The van der Waals surface area contributed by atoms with E-state index in [2.05, 4.69) is 38.9 Å². The molecule has 1 saturated heterocycles. The van der Waals surface area contributed by atoms with Crippen LogP contribution in [0.1, 0.15) is 83.8 Å². The van der Waals surface area contributed by atoms with Crippen LogP contribution in [0.15, 0.2) is 40.9 Å². The van der Waals surface area contributed by atoms with E-state index in [1.807, 2.05) is 37.3 Å². The van der Waals surface area contributed by atoms with Crippen molar-refractivity contribution in [2.24, 2.45) is 11.3 Å². The molecule has 1 aromatic heterocycles. The summed E-state index contributed by atoms with van der Waals surface area (Å²) >= 11 is 1.15. The van der Waals surface area contributed by atoms with Gasteiger partial charge in [-0.3, -0.25) is 9.59 Å². The van der Waals surface area contributed by atoms with E-state index in [1.54, 1.807) is 0 Å². The standard InChI is InChI=1S/C31H39NO5S.H2/c1-6-9-24-26(15-14-23-25(19-31(3,4)5)32-37-29(23)24)36-17-8-16-35-22-12-10-21(11-13-22)30-28(34)20(7-2)18-27(33)38-30;/h10-15,20,30H,6-9,16-19H2,1-5H3;1H. The number of Topliss-reactive ketones (excluding diaryl/α,β-unsaturated/α-hetero) is 1. The second-order valence-electron chi connectivity index (χ2n) is 11.2. The maximum Gasteiger partial charge on any atom is 0.190 e. The van der Waals surface area contributed by atoms with Crippen molar-refractivity contribution < 1.29 is 25.0 Å². The quantitative estimate of drug-likeness (QED) is 0.230. The van der Waals surface area contributed by atoms with Crippen molar-refractivity contribution in [2.75, 3.05) is 13.2 Å². The monoisotopic (exact) mass is 539 g/mol. The zero-order valence-electron chi connectivity index (χ0n) is 23.2. The average molecular weight is 540 g/mol. The molecule has 2 atom stereocenters. The fourth-order valence-electron chi connectivity index (χ4n) is 4.84. The Morgan fingerprint density at radius 1 is 1.05 bits per heavy atom. The lowest BCUT2D eigenvalue weighted by molar-refractivity contribution is -0.126. The first-order valence-corrected chi connectivity index (χ1v) is 14.6. The second-order valence-corrected chi connectivity index (χ2v) is 12.4. The van der Waals surface area contributed by atoms with Crippen LogP contribution in [0.2, 0.25) is 0 Å². The van der Waals surface area contributed by atoms with Gasteiger partial charge in [-0.2, -0.15) is 0 Å². The highest BCUT2D eigenvalue weighted by Crippen LogP contribution is 2.40. The summed E-state index contributed by atoms with van der Waals surface area (Å²) < 4.78 is 17.8. The Labute approximate surface area is 231 Å². The number of aromatic nitrogens is 1. The first-order chi connectivity index (χ1) is 18.2. The highest BCUT2D eigenvalue weighted by atomic mass is 32.2. The van der Waals surface area contributed by atoms with Crippen LogP contribution in [-0.2, 0) is 22.4 Å². The van der Waals surface area contributed by atoms with Crippen LogP contribution in [0.4, 0.5) is 0 Å². The average Bonchev–Trinajstić information content (AvgIpc) is 3.28. The van der Waals surface area contributed by atoms with Gasteiger partial charge in [-0.05, 0) is 54.5 Å². The van der Waals surface area contributed by atoms with Crippen molar-refractivity contribution in [2.45, 2.75) is 78.4 Å². The molecule has 0 radical (unpaired) electrons. The van der Waals surface area contributed by atoms with Gasteiger partial charge < -0.3 is 14.0 Å². The molecule has 206 valence electrons. The van der Waals surface area contributed by atoms with Crippen molar-refractivity contribution in [1.82, 2.24) is 5.16 Å². The molecule has 6 nitrogen and oxygen atoms in total. The number of fused-ring (bicyclic) bond motifs is 1. The predicted molar refractivity (Wildman–Crippen MR) is 154 cm³/mol. The number of hydrogen-bond donors (Lipinski definition) is 0. The summed E-state index contributed by atoms with van der Waals surface area (Å²) in [5, 5.41) is 5.13. The van der Waals surface area contributed by atoms with Gasteiger partial charge in [0.15, 0.2) is 16.5 Å². The number of ether oxygens (including phenoxy) is 2. The van der Waals surface area contributed by atoms with Gasteiger partial charge in [-0.15, -0.1) is 0 Å². The van der Waals surface area contributed by atoms with Gasteiger partial charge in [-0.25, -0.2) is 0 Å². The largest absolute Gasteiger partial charge is 0.493 e. The fraction of sp³-hybridized carbons (Fsp3) is 0.516. The van der Waals surface area contributed by atoms with Crippen LogP contribution in [0.5, 0.6) is 11.5 Å². The molecule has 0 amide bonds. The highest BCUT2D eigenvalue weighted by Gasteiger charge is 2.36. The fourth-order valence-corrected chi connectivity index (χ4v) is 6.01. The van der Waals surface area contributed by atoms with Gasteiger partial charge in [0.2, 0.25) is 0 Å². The third kappa shape index (κ3) is 6.79. The van der Waals surface area contributed by atoms with E-state index in [0.717, 1.165) is 76.7 Å². The van der Waals surface area contributed by atoms with Crippen molar-refractivity contribution in [3.05, 3.63) is 53.2 Å². The van der Waals surface area contributed by atoms with Gasteiger partial charge in [-0.1, -0.05) is 70.1 Å². The van der Waals surface area contributed by atoms with Crippen molar-refractivity contribution in [3.8, 4) is 11.5 Å². The van der Waals surface area contributed by atoms with Crippen LogP contribution in [0.3, 0.4) is 0 Å². The molecule has 3 aromatic rings. The Morgan fingerprint density at radius 2 is 1.79 bits per heavy atom. The van der Waals surface area contributed by atoms with E-state index in [1.165, 1.54) is 0 Å². The maximum atomic E-state index is 12.7. The minimum absolute atomic E-state index is 0. The lowest BCUT2D eigenvalue weighted by Crippen LogP contribution is -2.27. The summed E-state index contributed by atoms with van der Waals surface area (Å²) in [5.74, 6) is 1.57. The Hall–Kier alpha value is -2.80. The molecule has 0 bridgehead atoms. The zero-order chi connectivity index (χ0) is 27.3. The Balaban J connectivity index is 0.00000420. The minimum atomic E-state index is -0.410. The number of carbonyl (C=O) groups excluding carboxylic acids is 2. The summed E-state index contributed by atoms with van der Waals surface area (Å²) in [6.07, 6.45) is 4.49. The molecule has 0 saturated carbocycles. The normalized spacial score (nSPS) is 18.2. The number of hydrogen-bond acceptors (Lipinski definition) is 7. The predicted octanol–water partition coefficient (Wildman–Crippen LogP) is 7.76. The lowest BCUT2D eigenvalue weighted by atomic mass is 9.89. The molecule has 1 fully saturated rings. The third-order valence-corrected chi connectivity index (χ3v) is 7.96. The summed E-state index contributed by atoms with van der Waals surface area (Å²) in [6.45, 7) is 11.8. The zero-order valence-corrected chi connectivity index (χ0v) is 24.0. The molecule has 7 heteroatoms. The van der Waals surface area contributed by atoms with Crippen LogP contribution in [-0.4, -0.2) is 29.3 Å². The molecular weight excluding hydrogens is 498 g/mol. The van der Waals surface area contributed by atoms with Gasteiger partial charge >= 0.3 is 0 Å². The summed E-state index contributed by atoms with van der Waals surface area (Å²) in [6, 6.07) is 11.6. The number of carbonyl (C=O) groups is 2. The van der Waals surface area contributed by atoms with E-state index in [-0.39, 0.29) is 23.7 Å². The third-order valence-electron chi connectivity index (χ3n) is 6.79. The van der Waals surface area contributed by atoms with Crippen LogP contribution < -0.4 is 9.47 Å². The molecular formula is C31H41NO5S. The van der Waals surface area contributed by atoms with E-state index >= 15 is 0 Å². The number of ketones is 1. The minimum Gasteiger partial charge on any atom is -0.493 e. The number of rotatable bonds is 11. The smallest absolute Gasteiger partial charge is 0.190 e. The number of aryl methyl sites for hydroxylation is 1. The van der Waals surface area contributed by atoms with Gasteiger partial charge in [0.1, 0.15) is 11.5 Å². The van der Waals surface area contributed by atoms with E-state index < -0.39 is 5.25 Å². The molecule has 0 spiro atoms. The summed E-state index contributed by atoms with van der Waals surface area (Å²) in [5.41, 5.74) is 3.90. The van der Waals surface area contributed by atoms with Gasteiger partial charge in [0, 0.05) is 31.1 Å². The molecule has 2 unspecified atom stereocenters. The maximum absolute atomic E-state index is 12.7. The van der Waals surface area contributed by atoms with Crippen molar-refractivity contribution >= 4 is 33.6 Å². The molecule has 0 aliphatic carbocycles. The molecule has 2 heterocycles. The van der Waals surface area contributed by atoms with E-state index in [4.69, 9.17) is 14.0 Å². The number of nitrogens with zero attached hydrogens (tertiary/aromatic N) is 1. The summed E-state index contributed by atoms with van der Waals surface area (Å²) in [7, 11) is 0. The van der Waals surface area contributed by atoms with Crippen molar-refractivity contribution in [3.63, 3.8) is 0 Å². The lowest BCUT2D eigenvalue weighted by Gasteiger charge is -2.25. The topological polar surface area (TPSA) is 78.6 Å². The first kappa shape index (κ1) is 28.2. The molecule has 1 aliphatic heterocycles. The SMILES string of the molecule is CCCc1c(OCCCOc2ccc(C3SC(=O)CC(CC)C3=O)cc2)ccc2c(CC(C)(C)C)noc12.[HH]. The van der Waals surface area contributed by atoms with Gasteiger partial charge in [0.05, 0.1) is 24.2 Å². The molecule has 2 aromatic carbocycles. The van der Waals surface area contributed by atoms with E-state index in [0.29, 0.717) is 26.1 Å². The van der Waals surface area contributed by atoms with Crippen LogP contribution >= 0.6 is 11.8 Å². The van der Waals surface area contributed by atoms with E-state index in [9.17, 15) is 9.59 Å². The summed E-state index contributed by atoms with van der Waals surface area (Å²) in [4.78, 5) is 24.8. The molecule has 38 heavy (non-hydrogen) atoms. The Kier molecular flexibility index (Phi) is 9.19. The highest BCUT2D eigenvalue weighted by molar-refractivity contribution is 8.14. The Morgan fingerprint density at radius 3 is 2.47 bits per heavy atom. The van der Waals surface area contributed by atoms with Gasteiger partial charge in [0.25, 0.3) is 0 Å². The first-order valence-electron chi connectivity index (χ1n) is 13.7. The molecule has 1 aliphatic rings. The molecule has 0 N–H and O–H groups in total. The van der Waals surface area contributed by atoms with Crippen molar-refractivity contribution in [1.29, 1.82) is 0 Å². The number of benzene rings is 2. The second kappa shape index (κ2) is 12.4. The number of thioether (sulfide) groups is 1.